The summed E-state index contributed by atoms with van der Waals surface area (Å²) in [6.45, 7) is 17.1. The normalized spacial score (nSPS) is 27.4. The highest BCUT2D eigenvalue weighted by atomic mass is 28.3. The second-order valence-corrected chi connectivity index (χ2v) is 12.9. The van der Waals surface area contributed by atoms with Gasteiger partial charge in [0.15, 0.2) is 0 Å². The van der Waals surface area contributed by atoms with Crippen LogP contribution in [0, 0.1) is 11.8 Å². The fourth-order valence-electron chi connectivity index (χ4n) is 3.55. The summed E-state index contributed by atoms with van der Waals surface area (Å²) < 4.78 is 0. The van der Waals surface area contributed by atoms with Gasteiger partial charge in [0.1, 0.15) is 0 Å². The summed E-state index contributed by atoms with van der Waals surface area (Å²) in [6.07, 6.45) is 11.3. The van der Waals surface area contributed by atoms with E-state index in [2.05, 4.69) is 78.1 Å². The average molecular weight is 273 g/mol. The lowest BCUT2D eigenvalue weighted by Crippen LogP contribution is -2.42. The van der Waals surface area contributed by atoms with Crippen molar-refractivity contribution >= 4 is 8.07 Å². The van der Waals surface area contributed by atoms with Gasteiger partial charge in [-0.15, -0.1) is 0 Å². The first-order chi connectivity index (χ1) is 8.68. The van der Waals surface area contributed by atoms with Gasteiger partial charge in [0.25, 0.3) is 0 Å². The van der Waals surface area contributed by atoms with Crippen LogP contribution in [-0.2, 0) is 0 Å². The number of hydrogen-bond donors (Lipinski definition) is 0. The molecule has 1 unspecified atom stereocenters. The fourth-order valence-corrected chi connectivity index (χ4v) is 6.76. The molecule has 2 rings (SSSR count). The van der Waals surface area contributed by atoms with E-state index < -0.39 is 8.07 Å². The molecule has 104 valence electrons. The Balaban J connectivity index is 2.55. The van der Waals surface area contributed by atoms with Crippen molar-refractivity contribution in [3.63, 3.8) is 0 Å². The van der Waals surface area contributed by atoms with Crippen molar-refractivity contribution in [3.05, 3.63) is 46.7 Å². The van der Waals surface area contributed by atoms with Gasteiger partial charge in [-0.2, -0.15) is 0 Å². The van der Waals surface area contributed by atoms with Crippen molar-refractivity contribution in [2.24, 2.45) is 11.8 Å². The molecule has 0 aromatic heterocycles. The van der Waals surface area contributed by atoms with Gasteiger partial charge in [0.05, 0.1) is 8.07 Å². The van der Waals surface area contributed by atoms with E-state index in [9.17, 15) is 0 Å². The molecule has 0 spiro atoms. The number of hydrogen-bond acceptors (Lipinski definition) is 0. The van der Waals surface area contributed by atoms with Crippen LogP contribution < -0.4 is 0 Å². The Morgan fingerprint density at radius 2 is 1.68 bits per heavy atom. The minimum absolute atomic E-state index is 0.418. The molecule has 2 aliphatic carbocycles. The van der Waals surface area contributed by atoms with Gasteiger partial charge in [0, 0.05) is 5.92 Å². The fraction of sp³-hybridized carbons (Fsp3) is 0.556. The predicted octanol–water partition coefficient (Wildman–Crippen LogP) is 5.67. The van der Waals surface area contributed by atoms with Gasteiger partial charge < -0.3 is 0 Å². The van der Waals surface area contributed by atoms with E-state index in [-0.39, 0.29) is 0 Å². The summed E-state index contributed by atoms with van der Waals surface area (Å²) in [5, 5.41) is 2.21. The van der Waals surface area contributed by atoms with Crippen LogP contribution in [-0.4, -0.2) is 8.07 Å². The zero-order chi connectivity index (χ0) is 14.4. The lowest BCUT2D eigenvalue weighted by atomic mass is 9.92. The molecular formula is C18H28Si. The van der Waals surface area contributed by atoms with E-state index in [0.29, 0.717) is 16.9 Å². The van der Waals surface area contributed by atoms with E-state index >= 15 is 0 Å². The molecule has 0 saturated carbocycles. The molecule has 2 atom stereocenters. The summed E-state index contributed by atoms with van der Waals surface area (Å²) in [7, 11) is -1.42. The first-order valence-corrected chi connectivity index (χ1v) is 10.4. The zero-order valence-electron chi connectivity index (χ0n) is 13.5. The molecule has 0 saturated heterocycles. The van der Waals surface area contributed by atoms with E-state index in [1.165, 1.54) is 0 Å². The highest BCUT2D eigenvalue weighted by Crippen LogP contribution is 2.52. The van der Waals surface area contributed by atoms with Crippen molar-refractivity contribution in [2.45, 2.75) is 52.8 Å². The third kappa shape index (κ3) is 2.22. The standard InChI is InChI=1S/C18H28Si/c1-13-15-11-9-8-10-12-16(15)14(2)17(13)19(6,7)18(3,4)5/h8-13,15H,1-7H3/t13-,15?/m0/s1. The van der Waals surface area contributed by atoms with E-state index in [4.69, 9.17) is 0 Å². The van der Waals surface area contributed by atoms with Gasteiger partial charge in [-0.3, -0.25) is 0 Å². The Labute approximate surface area is 120 Å². The van der Waals surface area contributed by atoms with Gasteiger partial charge in [-0.05, 0) is 23.5 Å². The summed E-state index contributed by atoms with van der Waals surface area (Å²) in [4.78, 5) is 0. The Kier molecular flexibility index (Phi) is 3.55. The van der Waals surface area contributed by atoms with Crippen molar-refractivity contribution in [2.75, 3.05) is 0 Å². The second-order valence-electron chi connectivity index (χ2n) is 7.62. The zero-order valence-corrected chi connectivity index (χ0v) is 14.5. The third-order valence-electron chi connectivity index (χ3n) is 5.55. The highest BCUT2D eigenvalue weighted by molar-refractivity contribution is 6.87. The molecule has 0 N–H and O–H groups in total. The van der Waals surface area contributed by atoms with E-state index in [1.807, 2.05) is 0 Å². The molecule has 2 aliphatic rings. The van der Waals surface area contributed by atoms with Crippen LogP contribution in [0.25, 0.3) is 0 Å². The van der Waals surface area contributed by atoms with Crippen molar-refractivity contribution in [3.8, 4) is 0 Å². The Morgan fingerprint density at radius 3 is 2.26 bits per heavy atom. The Bertz CT molecular complexity index is 492. The lowest BCUT2D eigenvalue weighted by Gasteiger charge is -2.41. The second kappa shape index (κ2) is 4.62. The predicted molar refractivity (Wildman–Crippen MR) is 88.9 cm³/mol. The first-order valence-electron chi connectivity index (χ1n) is 7.44. The number of fused-ring (bicyclic) bond motifs is 1. The molecule has 0 aromatic rings. The largest absolute Gasteiger partial charge is 0.0815 e. The monoisotopic (exact) mass is 272 g/mol. The van der Waals surface area contributed by atoms with Crippen LogP contribution in [0.2, 0.25) is 18.1 Å². The highest BCUT2D eigenvalue weighted by Gasteiger charge is 2.46. The van der Waals surface area contributed by atoms with Crippen molar-refractivity contribution in [1.82, 2.24) is 0 Å². The summed E-state index contributed by atoms with van der Waals surface area (Å²) in [5.74, 6) is 1.27. The minimum atomic E-state index is -1.42. The molecule has 0 radical (unpaired) electrons. The molecule has 0 nitrogen and oxygen atoms in total. The maximum atomic E-state index is 2.55. The Hall–Kier alpha value is -0.823. The third-order valence-corrected chi connectivity index (χ3v) is 11.5. The van der Waals surface area contributed by atoms with Crippen LogP contribution in [0.4, 0.5) is 0 Å². The van der Waals surface area contributed by atoms with Gasteiger partial charge in [-0.1, -0.05) is 81.9 Å². The van der Waals surface area contributed by atoms with E-state index in [1.54, 1.807) is 16.3 Å². The van der Waals surface area contributed by atoms with Crippen LogP contribution in [0.5, 0.6) is 0 Å². The smallest absolute Gasteiger partial charge is 0.0764 e. The maximum Gasteiger partial charge on any atom is 0.0815 e. The SMILES string of the molecule is CC1=C([Si](C)(C)C(C)(C)C)[C@@H](C)C2C=CC=CC=C12. The maximum absolute atomic E-state index is 2.55. The van der Waals surface area contributed by atoms with Crippen LogP contribution in [0.15, 0.2) is 46.7 Å². The van der Waals surface area contributed by atoms with Gasteiger partial charge in [0.2, 0.25) is 0 Å². The van der Waals surface area contributed by atoms with Crippen LogP contribution in [0.3, 0.4) is 0 Å². The molecular weight excluding hydrogens is 244 g/mol. The summed E-state index contributed by atoms with van der Waals surface area (Å²) in [5.41, 5.74) is 3.14. The van der Waals surface area contributed by atoms with Gasteiger partial charge in [-0.25, -0.2) is 0 Å². The van der Waals surface area contributed by atoms with E-state index in [0.717, 1.165) is 0 Å². The summed E-state index contributed by atoms with van der Waals surface area (Å²) in [6, 6.07) is 0. The average Bonchev–Trinajstić information content (AvgIpc) is 2.47. The molecule has 0 aromatic carbocycles. The summed E-state index contributed by atoms with van der Waals surface area (Å²) >= 11 is 0. The first kappa shape index (κ1) is 14.6. The molecule has 0 aliphatic heterocycles. The molecule has 0 fully saturated rings. The van der Waals surface area contributed by atoms with Crippen molar-refractivity contribution in [1.29, 1.82) is 0 Å². The molecule has 1 heteroatoms. The topological polar surface area (TPSA) is 0 Å². The lowest BCUT2D eigenvalue weighted by molar-refractivity contribution is 0.598. The molecule has 0 amide bonds. The van der Waals surface area contributed by atoms with Crippen molar-refractivity contribution < 1.29 is 0 Å². The number of rotatable bonds is 1. The molecule has 0 bridgehead atoms. The molecule has 19 heavy (non-hydrogen) atoms. The Morgan fingerprint density at radius 1 is 1.05 bits per heavy atom. The minimum Gasteiger partial charge on any atom is -0.0764 e. The number of allylic oxidation sites excluding steroid dienone is 8. The quantitative estimate of drug-likeness (QED) is 0.540. The van der Waals surface area contributed by atoms with Crippen LogP contribution >= 0.6 is 0 Å². The van der Waals surface area contributed by atoms with Crippen LogP contribution in [0.1, 0.15) is 34.6 Å². The molecule has 0 heterocycles. The van der Waals surface area contributed by atoms with Gasteiger partial charge >= 0.3 is 0 Å².